The second-order valence-corrected chi connectivity index (χ2v) is 6.30. The summed E-state index contributed by atoms with van der Waals surface area (Å²) in [5.41, 5.74) is -0.412. The maximum absolute atomic E-state index is 11.7. The molecule has 2 aliphatic rings. The molecule has 17 heavy (non-hydrogen) atoms. The molecule has 0 unspecified atom stereocenters. The molecule has 0 radical (unpaired) electrons. The van der Waals surface area contributed by atoms with Crippen LogP contribution in [0.2, 0.25) is 0 Å². The molecular weight excluding hydrogens is 216 g/mol. The standard InChI is InChI=1S/C13H24N2O2/c1-13(2,3)12(16)17-15-8-6-14(7-9-15)10-11-4-5-11/h11H,4-10H2,1-3H3. The minimum atomic E-state index is -0.412. The van der Waals surface area contributed by atoms with Gasteiger partial charge in [-0.3, -0.25) is 0 Å². The van der Waals surface area contributed by atoms with E-state index in [9.17, 15) is 4.79 Å². The fraction of sp³-hybridized carbons (Fsp3) is 0.923. The molecule has 0 spiro atoms. The Bertz CT molecular complexity index is 274. The van der Waals surface area contributed by atoms with Gasteiger partial charge in [0.1, 0.15) is 0 Å². The molecule has 2 fully saturated rings. The molecule has 0 amide bonds. The molecule has 1 saturated heterocycles. The van der Waals surface area contributed by atoms with E-state index in [1.54, 1.807) is 0 Å². The van der Waals surface area contributed by atoms with Gasteiger partial charge in [0.05, 0.1) is 5.41 Å². The molecule has 0 N–H and O–H groups in total. The smallest absolute Gasteiger partial charge is 0.330 e. The monoisotopic (exact) mass is 240 g/mol. The molecule has 0 aromatic rings. The first-order valence-electron chi connectivity index (χ1n) is 6.65. The summed E-state index contributed by atoms with van der Waals surface area (Å²) in [6.07, 6.45) is 2.80. The molecule has 0 bridgehead atoms. The van der Waals surface area contributed by atoms with Crippen LogP contribution in [-0.4, -0.2) is 48.7 Å². The van der Waals surface area contributed by atoms with Gasteiger partial charge >= 0.3 is 5.97 Å². The molecule has 1 aliphatic heterocycles. The van der Waals surface area contributed by atoms with Crippen LogP contribution < -0.4 is 0 Å². The number of piperazine rings is 1. The second kappa shape index (κ2) is 4.94. The summed E-state index contributed by atoms with van der Waals surface area (Å²) in [5, 5.41) is 1.82. The Morgan fingerprint density at radius 1 is 1.18 bits per heavy atom. The third-order valence-electron chi connectivity index (χ3n) is 3.37. The van der Waals surface area contributed by atoms with Crippen LogP contribution in [0.5, 0.6) is 0 Å². The van der Waals surface area contributed by atoms with Crippen molar-refractivity contribution in [2.45, 2.75) is 33.6 Å². The molecule has 0 aromatic heterocycles. The zero-order valence-electron chi connectivity index (χ0n) is 11.2. The van der Waals surface area contributed by atoms with E-state index in [1.807, 2.05) is 25.8 Å². The number of rotatable bonds is 3. The number of carbonyl (C=O) groups is 1. The summed E-state index contributed by atoms with van der Waals surface area (Å²) in [7, 11) is 0. The van der Waals surface area contributed by atoms with Crippen molar-refractivity contribution in [2.24, 2.45) is 11.3 Å². The average molecular weight is 240 g/mol. The largest absolute Gasteiger partial charge is 0.367 e. The number of hydroxylamine groups is 2. The highest BCUT2D eigenvalue weighted by molar-refractivity contribution is 5.75. The minimum absolute atomic E-state index is 0.131. The van der Waals surface area contributed by atoms with Crippen LogP contribution in [0.25, 0.3) is 0 Å². The SMILES string of the molecule is CC(C)(C)C(=O)ON1CCN(CC2CC2)CC1. The predicted octanol–water partition coefficient (Wildman–Crippen LogP) is 1.52. The predicted molar refractivity (Wildman–Crippen MR) is 66.3 cm³/mol. The van der Waals surface area contributed by atoms with E-state index >= 15 is 0 Å². The minimum Gasteiger partial charge on any atom is -0.367 e. The molecule has 1 heterocycles. The van der Waals surface area contributed by atoms with Crippen molar-refractivity contribution >= 4 is 5.97 Å². The lowest BCUT2D eigenvalue weighted by molar-refractivity contribution is -0.207. The van der Waals surface area contributed by atoms with Gasteiger partial charge in [-0.25, -0.2) is 4.79 Å². The lowest BCUT2D eigenvalue weighted by Crippen LogP contribution is -2.48. The van der Waals surface area contributed by atoms with Crippen molar-refractivity contribution in [1.82, 2.24) is 9.96 Å². The fourth-order valence-corrected chi connectivity index (χ4v) is 1.92. The molecule has 0 aromatic carbocycles. The van der Waals surface area contributed by atoms with Crippen molar-refractivity contribution < 1.29 is 9.63 Å². The Labute approximate surface area is 104 Å². The summed E-state index contributed by atoms with van der Waals surface area (Å²) >= 11 is 0. The maximum Gasteiger partial charge on any atom is 0.330 e. The van der Waals surface area contributed by atoms with Crippen molar-refractivity contribution in [3.05, 3.63) is 0 Å². The Morgan fingerprint density at radius 2 is 1.76 bits per heavy atom. The zero-order valence-corrected chi connectivity index (χ0v) is 11.2. The third-order valence-corrected chi connectivity index (χ3v) is 3.37. The normalized spacial score (nSPS) is 23.7. The highest BCUT2D eigenvalue weighted by Crippen LogP contribution is 2.30. The van der Waals surface area contributed by atoms with Gasteiger partial charge in [-0.2, -0.15) is 0 Å². The van der Waals surface area contributed by atoms with Gasteiger partial charge in [-0.1, -0.05) is 0 Å². The van der Waals surface area contributed by atoms with Crippen LogP contribution in [0, 0.1) is 11.3 Å². The van der Waals surface area contributed by atoms with E-state index in [1.165, 1.54) is 19.4 Å². The van der Waals surface area contributed by atoms with E-state index in [0.29, 0.717) is 0 Å². The van der Waals surface area contributed by atoms with Crippen molar-refractivity contribution in [1.29, 1.82) is 0 Å². The average Bonchev–Trinajstić information content (AvgIpc) is 3.03. The van der Waals surface area contributed by atoms with Crippen LogP contribution >= 0.6 is 0 Å². The lowest BCUT2D eigenvalue weighted by Gasteiger charge is -2.34. The molecule has 4 heteroatoms. The van der Waals surface area contributed by atoms with E-state index in [2.05, 4.69) is 4.90 Å². The fourth-order valence-electron chi connectivity index (χ4n) is 1.92. The summed E-state index contributed by atoms with van der Waals surface area (Å²) in [4.78, 5) is 19.6. The Morgan fingerprint density at radius 3 is 2.24 bits per heavy atom. The summed E-state index contributed by atoms with van der Waals surface area (Å²) < 4.78 is 0. The first-order valence-corrected chi connectivity index (χ1v) is 6.65. The number of hydrogen-bond acceptors (Lipinski definition) is 4. The van der Waals surface area contributed by atoms with Crippen molar-refractivity contribution in [2.75, 3.05) is 32.7 Å². The number of hydrogen-bond donors (Lipinski definition) is 0. The molecule has 1 saturated carbocycles. The number of carbonyl (C=O) groups excluding carboxylic acids is 1. The lowest BCUT2D eigenvalue weighted by atomic mass is 9.98. The van der Waals surface area contributed by atoms with E-state index in [-0.39, 0.29) is 5.97 Å². The third kappa shape index (κ3) is 3.96. The Kier molecular flexibility index (Phi) is 3.73. The van der Waals surface area contributed by atoms with Gasteiger partial charge < -0.3 is 9.74 Å². The van der Waals surface area contributed by atoms with Crippen LogP contribution in [0.3, 0.4) is 0 Å². The molecule has 2 rings (SSSR count). The summed E-state index contributed by atoms with van der Waals surface area (Å²) in [5.74, 6) is 0.812. The molecule has 98 valence electrons. The van der Waals surface area contributed by atoms with Gasteiger partial charge in [0.2, 0.25) is 0 Å². The van der Waals surface area contributed by atoms with Gasteiger partial charge in [0.25, 0.3) is 0 Å². The van der Waals surface area contributed by atoms with Crippen LogP contribution in [0.15, 0.2) is 0 Å². The van der Waals surface area contributed by atoms with Gasteiger partial charge in [-0.15, -0.1) is 5.06 Å². The van der Waals surface area contributed by atoms with Gasteiger partial charge in [0.15, 0.2) is 0 Å². The Balaban J connectivity index is 1.69. The van der Waals surface area contributed by atoms with E-state index < -0.39 is 5.41 Å². The van der Waals surface area contributed by atoms with Crippen molar-refractivity contribution in [3.63, 3.8) is 0 Å². The van der Waals surface area contributed by atoms with Crippen LogP contribution in [0.4, 0.5) is 0 Å². The summed E-state index contributed by atoms with van der Waals surface area (Å²) in [6, 6.07) is 0. The summed E-state index contributed by atoms with van der Waals surface area (Å²) in [6.45, 7) is 10.6. The van der Waals surface area contributed by atoms with E-state index in [0.717, 1.165) is 32.1 Å². The molecule has 0 atom stereocenters. The molecular formula is C13H24N2O2. The van der Waals surface area contributed by atoms with E-state index in [4.69, 9.17) is 4.84 Å². The maximum atomic E-state index is 11.7. The van der Waals surface area contributed by atoms with Gasteiger partial charge in [0, 0.05) is 32.7 Å². The number of nitrogens with zero attached hydrogens (tertiary/aromatic N) is 2. The van der Waals surface area contributed by atoms with Crippen molar-refractivity contribution in [3.8, 4) is 0 Å². The zero-order chi connectivity index (χ0) is 12.5. The highest BCUT2D eigenvalue weighted by Gasteiger charge is 2.29. The second-order valence-electron chi connectivity index (χ2n) is 6.30. The van der Waals surface area contributed by atoms with Crippen LogP contribution in [-0.2, 0) is 9.63 Å². The first-order chi connectivity index (χ1) is 7.95. The topological polar surface area (TPSA) is 32.8 Å². The molecule has 4 nitrogen and oxygen atoms in total. The van der Waals surface area contributed by atoms with Gasteiger partial charge in [-0.05, 0) is 39.5 Å². The molecule has 1 aliphatic carbocycles. The Hall–Kier alpha value is -0.610. The highest BCUT2D eigenvalue weighted by atomic mass is 16.7. The quantitative estimate of drug-likeness (QED) is 0.749. The first kappa shape index (κ1) is 12.8. The van der Waals surface area contributed by atoms with Crippen LogP contribution in [0.1, 0.15) is 33.6 Å².